The van der Waals surface area contributed by atoms with Gasteiger partial charge in [0, 0.05) is 25.7 Å². The van der Waals surface area contributed by atoms with Gasteiger partial charge in [0.2, 0.25) is 0 Å². The molecule has 2 aliphatic heterocycles. The number of carbonyl (C=O) groups excluding carboxylic acids is 1. The average Bonchev–Trinajstić information content (AvgIpc) is 2.47. The second kappa shape index (κ2) is 7.38. The molecule has 0 aromatic heterocycles. The van der Waals surface area contributed by atoms with Crippen molar-refractivity contribution in [1.29, 1.82) is 0 Å². The lowest BCUT2D eigenvalue weighted by Gasteiger charge is -2.32. The molecule has 2 rings (SSSR count). The SMILES string of the molecule is CCOC(=O)N1CCC(NCC2CCC=CO2)CC1. The fourth-order valence-electron chi connectivity index (χ4n) is 2.51. The van der Waals surface area contributed by atoms with Gasteiger partial charge in [0.25, 0.3) is 0 Å². The van der Waals surface area contributed by atoms with E-state index in [1.54, 1.807) is 11.2 Å². The first kappa shape index (κ1) is 14.2. The summed E-state index contributed by atoms with van der Waals surface area (Å²) < 4.78 is 10.5. The third-order valence-electron chi connectivity index (χ3n) is 3.68. The van der Waals surface area contributed by atoms with Crippen molar-refractivity contribution in [2.75, 3.05) is 26.2 Å². The predicted molar refractivity (Wildman–Crippen MR) is 72.9 cm³/mol. The standard InChI is InChI=1S/C14H24N2O3/c1-2-18-14(17)16-8-6-12(7-9-16)15-11-13-5-3-4-10-19-13/h4,10,12-13,15H,2-3,5-9,11H2,1H3. The van der Waals surface area contributed by atoms with Gasteiger partial charge in [0.1, 0.15) is 6.10 Å². The molecule has 2 heterocycles. The number of hydrogen-bond donors (Lipinski definition) is 1. The Bertz CT molecular complexity index is 312. The number of allylic oxidation sites excluding steroid dienone is 1. The first-order valence-electron chi connectivity index (χ1n) is 7.25. The number of likely N-dealkylation sites (tertiary alicyclic amines) is 1. The van der Waals surface area contributed by atoms with Crippen molar-refractivity contribution in [3.05, 3.63) is 12.3 Å². The molecule has 1 unspecified atom stereocenters. The molecule has 0 aromatic carbocycles. The molecule has 1 saturated heterocycles. The summed E-state index contributed by atoms with van der Waals surface area (Å²) >= 11 is 0. The van der Waals surface area contributed by atoms with Gasteiger partial charge in [-0.2, -0.15) is 0 Å². The van der Waals surface area contributed by atoms with Gasteiger partial charge >= 0.3 is 6.09 Å². The Hall–Kier alpha value is -1.23. The van der Waals surface area contributed by atoms with Crippen LogP contribution >= 0.6 is 0 Å². The molecule has 0 bridgehead atoms. The molecular formula is C14H24N2O3. The van der Waals surface area contributed by atoms with Crippen molar-refractivity contribution in [3.63, 3.8) is 0 Å². The minimum atomic E-state index is -0.179. The maximum atomic E-state index is 11.6. The third kappa shape index (κ3) is 4.42. The van der Waals surface area contributed by atoms with Crippen molar-refractivity contribution >= 4 is 6.09 Å². The van der Waals surface area contributed by atoms with Gasteiger partial charge in [-0.1, -0.05) is 0 Å². The Kier molecular flexibility index (Phi) is 5.51. The summed E-state index contributed by atoms with van der Waals surface area (Å²) in [6.45, 7) is 4.74. The zero-order valence-corrected chi connectivity index (χ0v) is 11.6. The van der Waals surface area contributed by atoms with Crippen LogP contribution in [0.3, 0.4) is 0 Å². The van der Waals surface area contributed by atoms with Crippen LogP contribution in [0.5, 0.6) is 0 Å². The Labute approximate surface area is 114 Å². The molecule has 108 valence electrons. The van der Waals surface area contributed by atoms with E-state index in [4.69, 9.17) is 9.47 Å². The van der Waals surface area contributed by atoms with Gasteiger partial charge < -0.3 is 19.7 Å². The number of ether oxygens (including phenoxy) is 2. The molecule has 19 heavy (non-hydrogen) atoms. The summed E-state index contributed by atoms with van der Waals surface area (Å²) in [5.74, 6) is 0. The van der Waals surface area contributed by atoms with Crippen molar-refractivity contribution < 1.29 is 14.3 Å². The normalized spacial score (nSPS) is 24.1. The molecule has 2 aliphatic rings. The lowest BCUT2D eigenvalue weighted by atomic mass is 10.0. The Balaban J connectivity index is 1.63. The van der Waals surface area contributed by atoms with Crippen LogP contribution in [0, 0.1) is 0 Å². The van der Waals surface area contributed by atoms with Crippen LogP contribution < -0.4 is 5.32 Å². The molecule has 1 fully saturated rings. The average molecular weight is 268 g/mol. The van der Waals surface area contributed by atoms with Crippen molar-refractivity contribution in [2.45, 2.75) is 44.8 Å². The number of piperidine rings is 1. The van der Waals surface area contributed by atoms with Crippen LogP contribution in [0.2, 0.25) is 0 Å². The minimum absolute atomic E-state index is 0.179. The molecule has 0 aliphatic carbocycles. The number of nitrogens with one attached hydrogen (secondary N) is 1. The van der Waals surface area contributed by atoms with E-state index in [-0.39, 0.29) is 6.09 Å². The highest BCUT2D eigenvalue weighted by Gasteiger charge is 2.24. The van der Waals surface area contributed by atoms with E-state index in [9.17, 15) is 4.79 Å². The van der Waals surface area contributed by atoms with E-state index in [0.29, 0.717) is 18.8 Å². The van der Waals surface area contributed by atoms with Gasteiger partial charge in [0.15, 0.2) is 0 Å². The zero-order chi connectivity index (χ0) is 13.5. The number of rotatable bonds is 4. The Morgan fingerprint density at radius 1 is 1.42 bits per heavy atom. The topological polar surface area (TPSA) is 50.8 Å². The van der Waals surface area contributed by atoms with Crippen molar-refractivity contribution in [3.8, 4) is 0 Å². The van der Waals surface area contributed by atoms with Gasteiger partial charge in [-0.15, -0.1) is 0 Å². The molecular weight excluding hydrogens is 244 g/mol. The van der Waals surface area contributed by atoms with Crippen LogP contribution in [0.25, 0.3) is 0 Å². The summed E-state index contributed by atoms with van der Waals surface area (Å²) in [6.07, 6.45) is 8.16. The van der Waals surface area contributed by atoms with Crippen molar-refractivity contribution in [1.82, 2.24) is 10.2 Å². The van der Waals surface area contributed by atoms with Crippen molar-refractivity contribution in [2.24, 2.45) is 0 Å². The number of hydrogen-bond acceptors (Lipinski definition) is 4. The molecule has 1 amide bonds. The van der Waals surface area contributed by atoms with Crippen LogP contribution in [0.1, 0.15) is 32.6 Å². The minimum Gasteiger partial charge on any atom is -0.497 e. The zero-order valence-electron chi connectivity index (χ0n) is 11.6. The number of carbonyl (C=O) groups is 1. The Morgan fingerprint density at radius 2 is 2.21 bits per heavy atom. The highest BCUT2D eigenvalue weighted by molar-refractivity contribution is 5.67. The summed E-state index contributed by atoms with van der Waals surface area (Å²) in [4.78, 5) is 13.4. The van der Waals surface area contributed by atoms with Gasteiger partial charge in [0.05, 0.1) is 12.9 Å². The highest BCUT2D eigenvalue weighted by atomic mass is 16.6. The molecule has 0 saturated carbocycles. The first-order valence-corrected chi connectivity index (χ1v) is 7.25. The molecule has 0 spiro atoms. The second-order valence-electron chi connectivity index (χ2n) is 5.08. The smallest absolute Gasteiger partial charge is 0.409 e. The molecule has 0 aromatic rings. The van der Waals surface area contributed by atoms with E-state index in [1.807, 2.05) is 6.92 Å². The second-order valence-corrected chi connectivity index (χ2v) is 5.08. The Morgan fingerprint density at radius 3 is 2.84 bits per heavy atom. The fraction of sp³-hybridized carbons (Fsp3) is 0.786. The fourth-order valence-corrected chi connectivity index (χ4v) is 2.51. The summed E-state index contributed by atoms with van der Waals surface area (Å²) in [5.41, 5.74) is 0. The van der Waals surface area contributed by atoms with Crippen LogP contribution in [0.4, 0.5) is 4.79 Å². The maximum Gasteiger partial charge on any atom is 0.409 e. The highest BCUT2D eigenvalue weighted by Crippen LogP contribution is 2.13. The molecule has 1 atom stereocenters. The van der Waals surface area contributed by atoms with E-state index in [2.05, 4.69) is 11.4 Å². The monoisotopic (exact) mass is 268 g/mol. The number of nitrogens with zero attached hydrogens (tertiary/aromatic N) is 1. The molecule has 5 nitrogen and oxygen atoms in total. The van der Waals surface area contributed by atoms with Crippen LogP contribution in [-0.4, -0.2) is 49.4 Å². The van der Waals surface area contributed by atoms with E-state index in [1.165, 1.54) is 0 Å². The van der Waals surface area contributed by atoms with E-state index in [0.717, 1.165) is 45.3 Å². The number of amides is 1. The lowest BCUT2D eigenvalue weighted by Crippen LogP contribution is -2.46. The van der Waals surface area contributed by atoms with Gasteiger partial charge in [-0.25, -0.2) is 4.79 Å². The van der Waals surface area contributed by atoms with Gasteiger partial charge in [-0.05, 0) is 38.7 Å². The third-order valence-corrected chi connectivity index (χ3v) is 3.68. The van der Waals surface area contributed by atoms with Gasteiger partial charge in [-0.3, -0.25) is 0 Å². The van der Waals surface area contributed by atoms with E-state index >= 15 is 0 Å². The quantitative estimate of drug-likeness (QED) is 0.846. The summed E-state index contributed by atoms with van der Waals surface area (Å²) in [5, 5.41) is 3.55. The largest absolute Gasteiger partial charge is 0.497 e. The molecule has 5 heteroatoms. The maximum absolute atomic E-state index is 11.6. The first-order chi connectivity index (χ1) is 9.29. The predicted octanol–water partition coefficient (Wildman–Crippen LogP) is 1.89. The van der Waals surface area contributed by atoms with E-state index < -0.39 is 0 Å². The van der Waals surface area contributed by atoms with Crippen LogP contribution in [-0.2, 0) is 9.47 Å². The lowest BCUT2D eigenvalue weighted by molar-refractivity contribution is 0.0894. The molecule has 0 radical (unpaired) electrons. The van der Waals surface area contributed by atoms with Crippen LogP contribution in [0.15, 0.2) is 12.3 Å². The summed E-state index contributed by atoms with van der Waals surface area (Å²) in [7, 11) is 0. The molecule has 1 N–H and O–H groups in total. The summed E-state index contributed by atoms with van der Waals surface area (Å²) in [6, 6.07) is 0.486.